The Balaban J connectivity index is 1.53. The Morgan fingerprint density at radius 2 is 1.73 bits per heavy atom. The van der Waals surface area contributed by atoms with Crippen molar-refractivity contribution < 1.29 is 27.5 Å². The number of benzene rings is 2. The van der Waals surface area contributed by atoms with Crippen LogP contribution in [0.3, 0.4) is 0 Å². The summed E-state index contributed by atoms with van der Waals surface area (Å²) in [5.41, 5.74) is 0.473. The molecule has 1 aromatic heterocycles. The Morgan fingerprint density at radius 1 is 1.03 bits per heavy atom. The molecule has 3 aromatic rings. The summed E-state index contributed by atoms with van der Waals surface area (Å²) in [6.07, 6.45) is 0. The molecule has 1 heterocycles. The largest absolute Gasteiger partial charge is 0.494 e. The van der Waals surface area contributed by atoms with E-state index in [1.807, 2.05) is 31.4 Å². The van der Waals surface area contributed by atoms with Gasteiger partial charge in [-0.1, -0.05) is 6.07 Å². The molecule has 0 saturated heterocycles. The minimum absolute atomic E-state index is 0.0808. The number of anilines is 1. The van der Waals surface area contributed by atoms with Crippen LogP contribution in [0.2, 0.25) is 0 Å². The number of nitrogens with one attached hydrogen (secondary N) is 2. The van der Waals surface area contributed by atoms with Gasteiger partial charge in [-0.05, 0) is 73.8 Å². The zero-order valence-corrected chi connectivity index (χ0v) is 19.7. The molecule has 0 aliphatic heterocycles. The van der Waals surface area contributed by atoms with Gasteiger partial charge in [0.25, 0.3) is 15.9 Å². The van der Waals surface area contributed by atoms with Gasteiger partial charge in [0.15, 0.2) is 6.61 Å². The summed E-state index contributed by atoms with van der Waals surface area (Å²) < 4.78 is 37.9. The van der Waals surface area contributed by atoms with Crippen LogP contribution in [0.15, 0.2) is 70.9 Å². The molecule has 0 saturated carbocycles. The fraction of sp³-hybridized carbons (Fsp3) is 0.217. The highest BCUT2D eigenvalue weighted by Crippen LogP contribution is 2.20. The maximum absolute atomic E-state index is 12.6. The molecule has 174 valence electrons. The van der Waals surface area contributed by atoms with Gasteiger partial charge in [-0.25, -0.2) is 13.2 Å². The zero-order valence-electron chi connectivity index (χ0n) is 18.1. The average Bonchev–Trinajstić information content (AvgIpc) is 3.34. The van der Waals surface area contributed by atoms with Gasteiger partial charge >= 0.3 is 5.97 Å². The fourth-order valence-corrected chi connectivity index (χ4v) is 4.67. The molecule has 1 amide bonds. The van der Waals surface area contributed by atoms with Gasteiger partial charge in [0, 0.05) is 10.6 Å². The lowest BCUT2D eigenvalue weighted by atomic mass is 10.2. The monoisotopic (exact) mass is 488 g/mol. The SMILES string of the molecule is CCOc1ccc(S(=O)(=O)Nc2ccc(C(=O)OCC(=O)NC(C)c3cccs3)cc2)cc1. The second kappa shape index (κ2) is 11.0. The number of thiophene rings is 1. The first kappa shape index (κ1) is 24.3. The molecule has 0 spiro atoms. The van der Waals surface area contributed by atoms with Crippen molar-refractivity contribution in [2.45, 2.75) is 24.8 Å². The molecule has 33 heavy (non-hydrogen) atoms. The molecule has 3 rings (SSSR count). The summed E-state index contributed by atoms with van der Waals surface area (Å²) in [5.74, 6) is -0.521. The van der Waals surface area contributed by atoms with Crippen molar-refractivity contribution in [3.63, 3.8) is 0 Å². The second-order valence-corrected chi connectivity index (χ2v) is 9.63. The van der Waals surface area contributed by atoms with Gasteiger partial charge in [0.2, 0.25) is 0 Å². The van der Waals surface area contributed by atoms with E-state index in [4.69, 9.17) is 9.47 Å². The summed E-state index contributed by atoms with van der Waals surface area (Å²) >= 11 is 1.52. The first-order chi connectivity index (χ1) is 15.8. The van der Waals surface area contributed by atoms with Gasteiger partial charge in [0.1, 0.15) is 5.75 Å². The number of sulfonamides is 1. The van der Waals surface area contributed by atoms with Crippen molar-refractivity contribution in [1.82, 2.24) is 5.32 Å². The third-order valence-electron chi connectivity index (χ3n) is 4.50. The van der Waals surface area contributed by atoms with Crippen LogP contribution in [-0.2, 0) is 19.6 Å². The highest BCUT2D eigenvalue weighted by atomic mass is 32.2. The van der Waals surface area contributed by atoms with Crippen LogP contribution >= 0.6 is 11.3 Å². The maximum atomic E-state index is 12.6. The summed E-state index contributed by atoms with van der Waals surface area (Å²) in [6, 6.07) is 15.4. The van der Waals surface area contributed by atoms with Gasteiger partial charge in [-0.15, -0.1) is 11.3 Å². The number of hydrogen-bond acceptors (Lipinski definition) is 7. The molecule has 0 fully saturated rings. The van der Waals surface area contributed by atoms with Gasteiger partial charge in [-0.2, -0.15) is 0 Å². The molecular weight excluding hydrogens is 464 g/mol. The lowest BCUT2D eigenvalue weighted by molar-refractivity contribution is -0.124. The van der Waals surface area contributed by atoms with Crippen molar-refractivity contribution >= 4 is 38.9 Å². The first-order valence-electron chi connectivity index (χ1n) is 10.1. The van der Waals surface area contributed by atoms with Crippen LogP contribution in [0.25, 0.3) is 0 Å². The van der Waals surface area contributed by atoms with E-state index in [0.29, 0.717) is 12.4 Å². The third kappa shape index (κ3) is 6.80. The predicted molar refractivity (Wildman–Crippen MR) is 126 cm³/mol. The Labute approximate surface area is 196 Å². The molecule has 2 aromatic carbocycles. The number of esters is 1. The zero-order chi connectivity index (χ0) is 23.8. The number of rotatable bonds is 10. The van der Waals surface area contributed by atoms with E-state index < -0.39 is 28.5 Å². The van der Waals surface area contributed by atoms with Crippen molar-refractivity contribution in [3.05, 3.63) is 76.5 Å². The summed E-state index contributed by atoms with van der Waals surface area (Å²) in [6.45, 7) is 3.75. The van der Waals surface area contributed by atoms with E-state index in [-0.39, 0.29) is 22.2 Å². The number of carbonyl (C=O) groups is 2. The van der Waals surface area contributed by atoms with Crippen LogP contribution in [0.4, 0.5) is 5.69 Å². The lowest BCUT2D eigenvalue weighted by Crippen LogP contribution is -2.30. The molecule has 0 radical (unpaired) electrons. The van der Waals surface area contributed by atoms with E-state index in [2.05, 4.69) is 10.0 Å². The Morgan fingerprint density at radius 3 is 2.33 bits per heavy atom. The van der Waals surface area contributed by atoms with Crippen molar-refractivity contribution in [2.75, 3.05) is 17.9 Å². The normalized spacial score (nSPS) is 11.9. The predicted octanol–water partition coefficient (Wildman–Crippen LogP) is 3.98. The quantitative estimate of drug-likeness (QED) is 0.418. The molecule has 0 bridgehead atoms. The smallest absolute Gasteiger partial charge is 0.338 e. The second-order valence-electron chi connectivity index (χ2n) is 6.97. The molecule has 2 N–H and O–H groups in total. The van der Waals surface area contributed by atoms with Crippen molar-refractivity contribution in [3.8, 4) is 5.75 Å². The van der Waals surface area contributed by atoms with Crippen molar-refractivity contribution in [2.24, 2.45) is 0 Å². The minimum Gasteiger partial charge on any atom is -0.494 e. The first-order valence-corrected chi connectivity index (χ1v) is 12.5. The summed E-state index contributed by atoms with van der Waals surface area (Å²) in [5, 5.41) is 4.68. The van der Waals surface area contributed by atoms with E-state index >= 15 is 0 Å². The Hall–Kier alpha value is -3.37. The molecular formula is C23H24N2O6S2. The summed E-state index contributed by atoms with van der Waals surface area (Å²) in [7, 11) is -3.80. The number of ether oxygens (including phenoxy) is 2. The number of hydrogen-bond donors (Lipinski definition) is 2. The highest BCUT2D eigenvalue weighted by molar-refractivity contribution is 7.92. The van der Waals surface area contributed by atoms with E-state index in [1.54, 1.807) is 12.1 Å². The summed E-state index contributed by atoms with van der Waals surface area (Å²) in [4.78, 5) is 25.3. The van der Waals surface area contributed by atoms with Crippen molar-refractivity contribution in [1.29, 1.82) is 0 Å². The highest BCUT2D eigenvalue weighted by Gasteiger charge is 2.16. The molecule has 10 heteroatoms. The molecule has 1 atom stereocenters. The minimum atomic E-state index is -3.80. The fourth-order valence-electron chi connectivity index (χ4n) is 2.88. The van der Waals surface area contributed by atoms with Crippen LogP contribution in [0.5, 0.6) is 5.75 Å². The van der Waals surface area contributed by atoms with E-state index in [0.717, 1.165) is 4.88 Å². The van der Waals surface area contributed by atoms with Gasteiger partial charge in [-0.3, -0.25) is 9.52 Å². The molecule has 8 nitrogen and oxygen atoms in total. The standard InChI is InChI=1S/C23H24N2O6S2/c1-3-30-19-10-12-20(13-11-19)33(28,29)25-18-8-6-17(7-9-18)23(27)31-15-22(26)24-16(2)21-5-4-14-32-21/h4-14,16,25H,3,15H2,1-2H3,(H,24,26). The average molecular weight is 489 g/mol. The van der Waals surface area contributed by atoms with Crippen LogP contribution < -0.4 is 14.8 Å². The van der Waals surface area contributed by atoms with Gasteiger partial charge in [0.05, 0.1) is 23.1 Å². The molecule has 1 unspecified atom stereocenters. The Kier molecular flexibility index (Phi) is 8.07. The van der Waals surface area contributed by atoms with Crippen LogP contribution in [-0.4, -0.2) is 33.5 Å². The van der Waals surface area contributed by atoms with E-state index in [1.165, 1.54) is 47.7 Å². The third-order valence-corrected chi connectivity index (χ3v) is 6.95. The molecule has 0 aliphatic carbocycles. The maximum Gasteiger partial charge on any atom is 0.338 e. The number of amides is 1. The van der Waals surface area contributed by atoms with Crippen LogP contribution in [0, 0.1) is 0 Å². The number of carbonyl (C=O) groups excluding carboxylic acids is 2. The van der Waals surface area contributed by atoms with Crippen LogP contribution in [0.1, 0.15) is 35.1 Å². The molecule has 0 aliphatic rings. The van der Waals surface area contributed by atoms with E-state index in [9.17, 15) is 18.0 Å². The van der Waals surface area contributed by atoms with Gasteiger partial charge < -0.3 is 14.8 Å². The topological polar surface area (TPSA) is 111 Å². The Bertz CT molecular complexity index is 1170. The lowest BCUT2D eigenvalue weighted by Gasteiger charge is -2.12.